The van der Waals surface area contributed by atoms with Gasteiger partial charge >= 0.3 is 0 Å². The number of piperidine rings is 1. The van der Waals surface area contributed by atoms with Gasteiger partial charge in [0.25, 0.3) is 0 Å². The summed E-state index contributed by atoms with van der Waals surface area (Å²) in [5, 5.41) is 0. The second-order valence-corrected chi connectivity index (χ2v) is 9.96. The molecule has 2 heterocycles. The first kappa shape index (κ1) is 19.6. The molecule has 0 aromatic rings. The van der Waals surface area contributed by atoms with Crippen LogP contribution in [0.4, 0.5) is 0 Å². The van der Waals surface area contributed by atoms with Crippen molar-refractivity contribution in [2.45, 2.75) is 97.4 Å². The topological polar surface area (TPSA) is 21.7 Å². The molecule has 0 bridgehead atoms. The molecule has 2 atom stereocenters. The van der Waals surface area contributed by atoms with Crippen molar-refractivity contribution in [1.29, 1.82) is 0 Å². The van der Waals surface area contributed by atoms with Gasteiger partial charge in [-0.3, -0.25) is 0 Å². The van der Waals surface area contributed by atoms with Crippen molar-refractivity contribution in [3.63, 3.8) is 0 Å². The molecule has 0 aromatic carbocycles. The summed E-state index contributed by atoms with van der Waals surface area (Å²) in [5.41, 5.74) is 0.421. The van der Waals surface area contributed by atoms with E-state index in [4.69, 9.17) is 9.47 Å². The molecular formula is C22H41NO2. The summed E-state index contributed by atoms with van der Waals surface area (Å²) in [6, 6.07) is 0. The van der Waals surface area contributed by atoms with E-state index in [2.05, 4.69) is 32.6 Å². The summed E-state index contributed by atoms with van der Waals surface area (Å²) >= 11 is 0. The van der Waals surface area contributed by atoms with E-state index in [1.807, 2.05) is 0 Å². The second-order valence-electron chi connectivity index (χ2n) is 9.96. The second kappa shape index (κ2) is 8.27. The lowest BCUT2D eigenvalue weighted by atomic mass is 9.71. The Labute approximate surface area is 155 Å². The smallest absolute Gasteiger partial charge is 0.168 e. The summed E-state index contributed by atoms with van der Waals surface area (Å²) < 4.78 is 12.6. The zero-order valence-corrected chi connectivity index (χ0v) is 17.2. The molecule has 1 saturated carbocycles. The van der Waals surface area contributed by atoms with Gasteiger partial charge in [0.05, 0.1) is 12.7 Å². The van der Waals surface area contributed by atoms with Crippen LogP contribution in [-0.4, -0.2) is 43.0 Å². The summed E-state index contributed by atoms with van der Waals surface area (Å²) in [6.07, 6.45) is 11.6. The summed E-state index contributed by atoms with van der Waals surface area (Å²) in [5.74, 6) is 1.52. The summed E-state index contributed by atoms with van der Waals surface area (Å²) in [4.78, 5) is 2.68. The average molecular weight is 352 g/mol. The predicted molar refractivity (Wildman–Crippen MR) is 104 cm³/mol. The van der Waals surface area contributed by atoms with E-state index in [1.165, 1.54) is 58.2 Å². The van der Waals surface area contributed by atoms with Gasteiger partial charge in [0, 0.05) is 19.4 Å². The monoisotopic (exact) mass is 351 g/mol. The van der Waals surface area contributed by atoms with Gasteiger partial charge in [0.15, 0.2) is 5.79 Å². The Bertz CT molecular complexity index is 409. The van der Waals surface area contributed by atoms with Crippen molar-refractivity contribution in [3.8, 4) is 0 Å². The molecule has 2 aliphatic heterocycles. The molecule has 2 unspecified atom stereocenters. The Kier molecular flexibility index (Phi) is 6.50. The lowest BCUT2D eigenvalue weighted by molar-refractivity contribution is -0.197. The van der Waals surface area contributed by atoms with E-state index in [-0.39, 0.29) is 5.79 Å². The molecule has 1 spiro atoms. The van der Waals surface area contributed by atoms with Crippen LogP contribution in [0.15, 0.2) is 0 Å². The quantitative estimate of drug-likeness (QED) is 0.676. The van der Waals surface area contributed by atoms with Crippen LogP contribution < -0.4 is 0 Å². The van der Waals surface area contributed by atoms with E-state index >= 15 is 0 Å². The van der Waals surface area contributed by atoms with Crippen molar-refractivity contribution >= 4 is 0 Å². The molecule has 3 nitrogen and oxygen atoms in total. The Morgan fingerprint density at radius 3 is 2.56 bits per heavy atom. The third kappa shape index (κ3) is 5.20. The highest BCUT2D eigenvalue weighted by atomic mass is 16.7. The number of likely N-dealkylation sites (tertiary alicyclic amines) is 1. The standard InChI is InChI=1S/C22H41NO2/c1-5-18-8-6-14-23(16-18)15-7-9-20-17-24-22(25-20)12-10-19(11-13-22)21(2,3)4/h18-20H,5-17H2,1-4H3. The Morgan fingerprint density at radius 1 is 1.12 bits per heavy atom. The minimum Gasteiger partial charge on any atom is -0.347 e. The molecule has 3 fully saturated rings. The van der Waals surface area contributed by atoms with Gasteiger partial charge in [-0.05, 0) is 68.9 Å². The third-order valence-electron chi connectivity index (χ3n) is 7.07. The van der Waals surface area contributed by atoms with Gasteiger partial charge in [0.2, 0.25) is 0 Å². The minimum atomic E-state index is -0.231. The lowest BCUT2D eigenvalue weighted by Crippen LogP contribution is -2.39. The summed E-state index contributed by atoms with van der Waals surface area (Å²) in [7, 11) is 0. The van der Waals surface area contributed by atoms with Crippen LogP contribution in [0.2, 0.25) is 0 Å². The van der Waals surface area contributed by atoms with E-state index in [9.17, 15) is 0 Å². The molecule has 146 valence electrons. The summed E-state index contributed by atoms with van der Waals surface area (Å²) in [6.45, 7) is 14.1. The van der Waals surface area contributed by atoms with Crippen molar-refractivity contribution < 1.29 is 9.47 Å². The number of nitrogens with zero attached hydrogens (tertiary/aromatic N) is 1. The van der Waals surface area contributed by atoms with Gasteiger partial charge in [-0.1, -0.05) is 34.1 Å². The highest BCUT2D eigenvalue weighted by molar-refractivity contribution is 4.88. The molecule has 0 amide bonds. The minimum absolute atomic E-state index is 0.231. The third-order valence-corrected chi connectivity index (χ3v) is 7.07. The molecule has 3 aliphatic rings. The maximum atomic E-state index is 6.44. The zero-order valence-electron chi connectivity index (χ0n) is 17.2. The number of hydrogen-bond acceptors (Lipinski definition) is 3. The normalized spacial score (nSPS) is 37.7. The number of rotatable bonds is 5. The first-order valence-corrected chi connectivity index (χ1v) is 10.9. The van der Waals surface area contributed by atoms with Crippen LogP contribution in [-0.2, 0) is 9.47 Å². The molecule has 2 saturated heterocycles. The lowest BCUT2D eigenvalue weighted by Gasteiger charge is -2.41. The van der Waals surface area contributed by atoms with Gasteiger partial charge in [0.1, 0.15) is 0 Å². The van der Waals surface area contributed by atoms with Crippen LogP contribution in [0.25, 0.3) is 0 Å². The Morgan fingerprint density at radius 2 is 1.88 bits per heavy atom. The maximum absolute atomic E-state index is 6.44. The highest BCUT2D eigenvalue weighted by Gasteiger charge is 2.45. The van der Waals surface area contributed by atoms with E-state index in [1.54, 1.807) is 0 Å². The molecule has 25 heavy (non-hydrogen) atoms. The fraction of sp³-hybridized carbons (Fsp3) is 1.00. The van der Waals surface area contributed by atoms with Crippen molar-refractivity contribution in [2.75, 3.05) is 26.2 Å². The van der Waals surface area contributed by atoms with E-state index < -0.39 is 0 Å². The Hall–Kier alpha value is -0.120. The Balaban J connectivity index is 1.36. The predicted octanol–water partition coefficient (Wildman–Crippen LogP) is 5.24. The fourth-order valence-electron chi connectivity index (χ4n) is 5.17. The van der Waals surface area contributed by atoms with Crippen molar-refractivity contribution in [2.24, 2.45) is 17.3 Å². The van der Waals surface area contributed by atoms with E-state index in [0.717, 1.165) is 37.7 Å². The molecule has 0 N–H and O–H groups in total. The van der Waals surface area contributed by atoms with Gasteiger partial charge in [-0.2, -0.15) is 0 Å². The SMILES string of the molecule is CCC1CCCN(CCCC2COC3(CCC(C(C)(C)C)CC3)O2)C1. The van der Waals surface area contributed by atoms with Crippen LogP contribution in [0, 0.1) is 17.3 Å². The molecule has 1 aliphatic carbocycles. The van der Waals surface area contributed by atoms with Crippen LogP contribution in [0.3, 0.4) is 0 Å². The average Bonchev–Trinajstić information content (AvgIpc) is 2.97. The maximum Gasteiger partial charge on any atom is 0.168 e. The fourth-order valence-corrected chi connectivity index (χ4v) is 5.17. The van der Waals surface area contributed by atoms with Gasteiger partial charge < -0.3 is 14.4 Å². The van der Waals surface area contributed by atoms with Gasteiger partial charge in [-0.15, -0.1) is 0 Å². The van der Waals surface area contributed by atoms with Crippen LogP contribution >= 0.6 is 0 Å². The highest BCUT2D eigenvalue weighted by Crippen LogP contribution is 2.45. The first-order chi connectivity index (χ1) is 11.9. The molecule has 0 aromatic heterocycles. The molecule has 3 heteroatoms. The van der Waals surface area contributed by atoms with Crippen molar-refractivity contribution in [1.82, 2.24) is 4.90 Å². The number of hydrogen-bond donors (Lipinski definition) is 0. The first-order valence-electron chi connectivity index (χ1n) is 10.9. The molecule has 3 rings (SSSR count). The number of ether oxygens (including phenoxy) is 2. The molecular weight excluding hydrogens is 310 g/mol. The van der Waals surface area contributed by atoms with Crippen LogP contribution in [0.5, 0.6) is 0 Å². The van der Waals surface area contributed by atoms with Crippen LogP contribution in [0.1, 0.15) is 85.5 Å². The zero-order chi connectivity index (χ0) is 17.9. The van der Waals surface area contributed by atoms with Crippen molar-refractivity contribution in [3.05, 3.63) is 0 Å². The van der Waals surface area contributed by atoms with Gasteiger partial charge in [-0.25, -0.2) is 0 Å². The van der Waals surface area contributed by atoms with E-state index in [0.29, 0.717) is 11.5 Å². The largest absolute Gasteiger partial charge is 0.347 e. The molecule has 0 radical (unpaired) electrons.